The molecule has 7 heteroatoms. The van der Waals surface area contributed by atoms with E-state index in [9.17, 15) is 4.79 Å². The first-order valence-electron chi connectivity index (χ1n) is 6.54. The second-order valence-electron chi connectivity index (χ2n) is 4.45. The van der Waals surface area contributed by atoms with Crippen molar-refractivity contribution in [1.29, 1.82) is 0 Å². The number of hydrogen-bond donors (Lipinski definition) is 2. The van der Waals surface area contributed by atoms with Gasteiger partial charge in [0.1, 0.15) is 5.76 Å². The van der Waals surface area contributed by atoms with E-state index in [4.69, 9.17) is 4.42 Å². The SMILES string of the molecule is CN=C(NCC(=O)NCc1ccco1)N1CCCC1.I. The van der Waals surface area contributed by atoms with Gasteiger partial charge in [0.15, 0.2) is 5.96 Å². The minimum absolute atomic E-state index is 0. The topological polar surface area (TPSA) is 69.9 Å². The zero-order valence-corrected chi connectivity index (χ0v) is 13.9. The molecule has 6 nitrogen and oxygen atoms in total. The fraction of sp³-hybridized carbons (Fsp3) is 0.538. The Morgan fingerprint density at radius 1 is 1.40 bits per heavy atom. The van der Waals surface area contributed by atoms with Gasteiger partial charge in [-0.2, -0.15) is 0 Å². The zero-order chi connectivity index (χ0) is 13.5. The van der Waals surface area contributed by atoms with Crippen LogP contribution in [-0.2, 0) is 11.3 Å². The molecule has 2 heterocycles. The van der Waals surface area contributed by atoms with Crippen LogP contribution in [0.5, 0.6) is 0 Å². The van der Waals surface area contributed by atoms with Crippen LogP contribution in [0, 0.1) is 0 Å². The van der Waals surface area contributed by atoms with Crippen molar-refractivity contribution in [3.8, 4) is 0 Å². The Morgan fingerprint density at radius 3 is 2.75 bits per heavy atom. The Kier molecular flexibility index (Phi) is 7.42. The van der Waals surface area contributed by atoms with Gasteiger partial charge in [0.25, 0.3) is 0 Å². The van der Waals surface area contributed by atoms with Crippen molar-refractivity contribution in [3.63, 3.8) is 0 Å². The molecule has 1 amide bonds. The third kappa shape index (κ3) is 5.03. The Hall–Kier alpha value is -1.25. The number of aliphatic imine (C=N–C) groups is 1. The van der Waals surface area contributed by atoms with Gasteiger partial charge in [-0.1, -0.05) is 0 Å². The fourth-order valence-corrected chi connectivity index (χ4v) is 2.08. The molecule has 0 spiro atoms. The average molecular weight is 392 g/mol. The van der Waals surface area contributed by atoms with E-state index >= 15 is 0 Å². The molecule has 112 valence electrons. The second-order valence-corrected chi connectivity index (χ2v) is 4.45. The summed E-state index contributed by atoms with van der Waals surface area (Å²) < 4.78 is 5.14. The van der Waals surface area contributed by atoms with Crippen LogP contribution in [0.1, 0.15) is 18.6 Å². The molecule has 0 saturated carbocycles. The first kappa shape index (κ1) is 16.8. The van der Waals surface area contributed by atoms with E-state index in [2.05, 4.69) is 20.5 Å². The molecule has 0 radical (unpaired) electrons. The number of rotatable bonds is 4. The summed E-state index contributed by atoms with van der Waals surface area (Å²) in [6.07, 6.45) is 3.96. The number of likely N-dealkylation sites (tertiary alicyclic amines) is 1. The van der Waals surface area contributed by atoms with E-state index < -0.39 is 0 Å². The van der Waals surface area contributed by atoms with Crippen LogP contribution < -0.4 is 10.6 Å². The highest BCUT2D eigenvalue weighted by atomic mass is 127. The molecular weight excluding hydrogens is 371 g/mol. The summed E-state index contributed by atoms with van der Waals surface area (Å²) in [5, 5.41) is 5.86. The molecule has 1 fully saturated rings. The van der Waals surface area contributed by atoms with Crippen molar-refractivity contribution in [2.75, 3.05) is 26.7 Å². The monoisotopic (exact) mass is 392 g/mol. The summed E-state index contributed by atoms with van der Waals surface area (Å²) in [7, 11) is 1.74. The van der Waals surface area contributed by atoms with E-state index in [0.29, 0.717) is 6.54 Å². The van der Waals surface area contributed by atoms with Crippen LogP contribution in [0.4, 0.5) is 0 Å². The van der Waals surface area contributed by atoms with Crippen LogP contribution in [0.2, 0.25) is 0 Å². The molecule has 2 N–H and O–H groups in total. The van der Waals surface area contributed by atoms with Gasteiger partial charge >= 0.3 is 0 Å². The summed E-state index contributed by atoms with van der Waals surface area (Å²) in [5.74, 6) is 1.47. The van der Waals surface area contributed by atoms with Gasteiger partial charge in [0, 0.05) is 20.1 Å². The lowest BCUT2D eigenvalue weighted by Crippen LogP contribution is -2.44. The zero-order valence-electron chi connectivity index (χ0n) is 11.6. The predicted octanol–water partition coefficient (Wildman–Crippen LogP) is 1.18. The summed E-state index contributed by atoms with van der Waals surface area (Å²) in [6.45, 7) is 2.65. The largest absolute Gasteiger partial charge is 0.467 e. The highest BCUT2D eigenvalue weighted by Crippen LogP contribution is 2.06. The minimum Gasteiger partial charge on any atom is -0.467 e. The molecule has 1 saturated heterocycles. The van der Waals surface area contributed by atoms with E-state index in [1.807, 2.05) is 6.07 Å². The van der Waals surface area contributed by atoms with Gasteiger partial charge in [-0.3, -0.25) is 9.79 Å². The lowest BCUT2D eigenvalue weighted by molar-refractivity contribution is -0.120. The Labute approximate surface area is 136 Å². The number of furan rings is 1. The van der Waals surface area contributed by atoms with Crippen molar-refractivity contribution < 1.29 is 9.21 Å². The number of carbonyl (C=O) groups is 1. The third-order valence-electron chi connectivity index (χ3n) is 3.06. The van der Waals surface area contributed by atoms with Crippen molar-refractivity contribution in [2.45, 2.75) is 19.4 Å². The quantitative estimate of drug-likeness (QED) is 0.459. The van der Waals surface area contributed by atoms with Crippen LogP contribution in [-0.4, -0.2) is 43.4 Å². The molecule has 2 rings (SSSR count). The smallest absolute Gasteiger partial charge is 0.239 e. The summed E-state index contributed by atoms with van der Waals surface area (Å²) in [5.41, 5.74) is 0. The Balaban J connectivity index is 0.00000200. The number of halogens is 1. The first-order chi connectivity index (χ1) is 9.29. The molecule has 0 aromatic carbocycles. The molecule has 0 aliphatic carbocycles. The second kappa shape index (κ2) is 8.83. The van der Waals surface area contributed by atoms with Crippen LogP contribution in [0.15, 0.2) is 27.8 Å². The third-order valence-corrected chi connectivity index (χ3v) is 3.06. The molecule has 1 aliphatic rings. The molecule has 0 atom stereocenters. The predicted molar refractivity (Wildman–Crippen MR) is 88.1 cm³/mol. The molecule has 20 heavy (non-hydrogen) atoms. The lowest BCUT2D eigenvalue weighted by Gasteiger charge is -2.20. The lowest BCUT2D eigenvalue weighted by atomic mass is 10.4. The molecular formula is C13H21IN4O2. The maximum absolute atomic E-state index is 11.7. The van der Waals surface area contributed by atoms with Crippen LogP contribution in [0.3, 0.4) is 0 Å². The van der Waals surface area contributed by atoms with Gasteiger partial charge in [-0.15, -0.1) is 24.0 Å². The molecule has 0 unspecified atom stereocenters. The standard InChI is InChI=1S/C13H20N4O2.HI/c1-14-13(17-6-2-3-7-17)16-10-12(18)15-9-11-5-4-8-19-11;/h4-5,8H,2-3,6-7,9-10H2,1H3,(H,14,16)(H,15,18);1H. The average Bonchev–Trinajstić information content (AvgIpc) is 3.10. The number of nitrogens with zero attached hydrogens (tertiary/aromatic N) is 2. The summed E-state index contributed by atoms with van der Waals surface area (Å²) >= 11 is 0. The molecule has 1 aromatic rings. The van der Waals surface area contributed by atoms with E-state index in [0.717, 1.165) is 24.8 Å². The summed E-state index contributed by atoms with van der Waals surface area (Å²) in [4.78, 5) is 18.0. The number of carbonyl (C=O) groups excluding carboxylic acids is 1. The molecule has 1 aromatic heterocycles. The number of nitrogens with one attached hydrogen (secondary N) is 2. The van der Waals surface area contributed by atoms with Crippen molar-refractivity contribution in [2.24, 2.45) is 4.99 Å². The van der Waals surface area contributed by atoms with Crippen molar-refractivity contribution >= 4 is 35.8 Å². The van der Waals surface area contributed by atoms with Crippen LogP contribution >= 0.6 is 24.0 Å². The first-order valence-corrected chi connectivity index (χ1v) is 6.54. The van der Waals surface area contributed by atoms with Gasteiger partial charge in [-0.05, 0) is 25.0 Å². The maximum atomic E-state index is 11.7. The Morgan fingerprint density at radius 2 is 2.15 bits per heavy atom. The van der Waals surface area contributed by atoms with Gasteiger partial charge in [0.05, 0.1) is 19.4 Å². The number of amides is 1. The number of hydrogen-bond acceptors (Lipinski definition) is 3. The van der Waals surface area contributed by atoms with Gasteiger partial charge < -0.3 is 20.0 Å². The Bertz CT molecular complexity index is 428. The van der Waals surface area contributed by atoms with Gasteiger partial charge in [0.2, 0.25) is 5.91 Å². The number of guanidine groups is 1. The van der Waals surface area contributed by atoms with Crippen molar-refractivity contribution in [3.05, 3.63) is 24.2 Å². The van der Waals surface area contributed by atoms with E-state index in [1.165, 1.54) is 12.8 Å². The van der Waals surface area contributed by atoms with E-state index in [1.54, 1.807) is 19.4 Å². The highest BCUT2D eigenvalue weighted by molar-refractivity contribution is 14.0. The van der Waals surface area contributed by atoms with Crippen molar-refractivity contribution in [1.82, 2.24) is 15.5 Å². The molecule has 0 bridgehead atoms. The van der Waals surface area contributed by atoms with E-state index in [-0.39, 0.29) is 36.4 Å². The normalized spacial score (nSPS) is 14.8. The highest BCUT2D eigenvalue weighted by Gasteiger charge is 2.16. The summed E-state index contributed by atoms with van der Waals surface area (Å²) in [6, 6.07) is 3.63. The molecule has 1 aliphatic heterocycles. The fourth-order valence-electron chi connectivity index (χ4n) is 2.08. The van der Waals surface area contributed by atoms with Gasteiger partial charge in [-0.25, -0.2) is 0 Å². The maximum Gasteiger partial charge on any atom is 0.239 e. The minimum atomic E-state index is -0.0725. The van der Waals surface area contributed by atoms with Crippen LogP contribution in [0.25, 0.3) is 0 Å².